The number of carbonyl (C=O) groups is 3. The minimum atomic E-state index is -0.492. The lowest BCUT2D eigenvalue weighted by Crippen LogP contribution is -2.34. The van der Waals surface area contributed by atoms with E-state index in [2.05, 4.69) is 5.32 Å². The van der Waals surface area contributed by atoms with Crippen LogP contribution in [0, 0.1) is 6.92 Å². The molecule has 0 aliphatic rings. The van der Waals surface area contributed by atoms with E-state index in [1.807, 2.05) is 43.3 Å². The molecule has 0 saturated carbocycles. The van der Waals surface area contributed by atoms with Crippen LogP contribution in [0.25, 0.3) is 0 Å². The molecule has 2 rings (SSSR count). The normalized spacial score (nSPS) is 11.4. The smallest absolute Gasteiger partial charge is 0.307 e. The maximum atomic E-state index is 12.4. The fourth-order valence-electron chi connectivity index (χ4n) is 2.76. The molecule has 2 aromatic rings. The first-order chi connectivity index (χ1) is 13.9. The van der Waals surface area contributed by atoms with Gasteiger partial charge < -0.3 is 19.6 Å². The molecule has 0 aromatic heterocycles. The molecule has 1 amide bonds. The number of carbonyl (C=O) groups excluding carboxylic acids is 3. The lowest BCUT2D eigenvalue weighted by molar-refractivity contribution is -0.141. The Labute approximate surface area is 171 Å². The molecule has 1 unspecified atom stereocenters. The monoisotopic (exact) mass is 397 g/mol. The molecule has 0 saturated heterocycles. The summed E-state index contributed by atoms with van der Waals surface area (Å²) in [6.07, 6.45) is 1.22. The van der Waals surface area contributed by atoms with Gasteiger partial charge in [-0.3, -0.25) is 9.59 Å². The van der Waals surface area contributed by atoms with E-state index in [-0.39, 0.29) is 24.7 Å². The maximum Gasteiger partial charge on any atom is 0.307 e. The standard InChI is InChI=1S/C23H27NO5/c1-16-4-10-19(11-5-16)21(14-23(27)28-3)24-22(26)15-29-20-12-8-18(9-13-20)7-6-17(2)25/h4-5,8-13,21H,6-7,14-15H2,1-3H3,(H,24,26). The van der Waals surface area contributed by atoms with Crippen molar-refractivity contribution in [3.8, 4) is 5.75 Å². The zero-order chi connectivity index (χ0) is 21.2. The molecular weight excluding hydrogens is 370 g/mol. The first-order valence-electron chi connectivity index (χ1n) is 9.51. The van der Waals surface area contributed by atoms with Gasteiger partial charge in [-0.25, -0.2) is 0 Å². The Morgan fingerprint density at radius 3 is 2.24 bits per heavy atom. The van der Waals surface area contributed by atoms with Crippen molar-refractivity contribution >= 4 is 17.7 Å². The largest absolute Gasteiger partial charge is 0.484 e. The number of methoxy groups -OCH3 is 1. The predicted octanol–water partition coefficient (Wildman–Crippen LogP) is 3.32. The number of hydrogen-bond donors (Lipinski definition) is 1. The topological polar surface area (TPSA) is 81.7 Å². The maximum absolute atomic E-state index is 12.4. The molecule has 29 heavy (non-hydrogen) atoms. The van der Waals surface area contributed by atoms with Gasteiger partial charge in [-0.15, -0.1) is 0 Å². The summed E-state index contributed by atoms with van der Waals surface area (Å²) in [5.74, 6) is -0.0262. The minimum Gasteiger partial charge on any atom is -0.484 e. The molecule has 154 valence electrons. The van der Waals surface area contributed by atoms with E-state index in [0.29, 0.717) is 18.6 Å². The number of amides is 1. The average molecular weight is 397 g/mol. The molecule has 6 nitrogen and oxygen atoms in total. The van der Waals surface area contributed by atoms with Gasteiger partial charge in [-0.2, -0.15) is 0 Å². The number of hydrogen-bond acceptors (Lipinski definition) is 5. The van der Waals surface area contributed by atoms with Crippen LogP contribution in [0.3, 0.4) is 0 Å². The summed E-state index contributed by atoms with van der Waals surface area (Å²) < 4.78 is 10.3. The molecule has 0 aliphatic carbocycles. The van der Waals surface area contributed by atoms with Gasteiger partial charge in [0.15, 0.2) is 6.61 Å². The highest BCUT2D eigenvalue weighted by molar-refractivity contribution is 5.79. The first kappa shape index (κ1) is 22.1. The third-order valence-electron chi connectivity index (χ3n) is 4.47. The molecule has 0 radical (unpaired) electrons. The summed E-state index contributed by atoms with van der Waals surface area (Å²) in [7, 11) is 1.32. The molecule has 0 spiro atoms. The molecule has 0 fully saturated rings. The van der Waals surface area contributed by atoms with Crippen LogP contribution in [0.15, 0.2) is 48.5 Å². The highest BCUT2D eigenvalue weighted by atomic mass is 16.5. The van der Waals surface area contributed by atoms with Gasteiger partial charge in [0.1, 0.15) is 11.5 Å². The minimum absolute atomic E-state index is 0.0378. The van der Waals surface area contributed by atoms with Crippen molar-refractivity contribution in [3.63, 3.8) is 0 Å². The second kappa shape index (κ2) is 11.0. The van der Waals surface area contributed by atoms with E-state index >= 15 is 0 Å². The summed E-state index contributed by atoms with van der Waals surface area (Å²) in [6, 6.07) is 14.4. The third kappa shape index (κ3) is 7.78. The molecular formula is C23H27NO5. The SMILES string of the molecule is COC(=O)CC(NC(=O)COc1ccc(CCC(C)=O)cc1)c1ccc(C)cc1. The van der Waals surface area contributed by atoms with E-state index < -0.39 is 12.0 Å². The van der Waals surface area contributed by atoms with Crippen LogP contribution in [0.5, 0.6) is 5.75 Å². The van der Waals surface area contributed by atoms with Gasteiger partial charge in [0.2, 0.25) is 0 Å². The summed E-state index contributed by atoms with van der Waals surface area (Å²) in [6.45, 7) is 3.37. The van der Waals surface area contributed by atoms with Crippen molar-refractivity contribution in [1.29, 1.82) is 0 Å². The van der Waals surface area contributed by atoms with E-state index in [1.165, 1.54) is 7.11 Å². The lowest BCUT2D eigenvalue weighted by Gasteiger charge is -2.18. The molecule has 0 aliphatic heterocycles. The van der Waals surface area contributed by atoms with Gasteiger partial charge in [0, 0.05) is 6.42 Å². The highest BCUT2D eigenvalue weighted by Crippen LogP contribution is 2.19. The average Bonchev–Trinajstić information content (AvgIpc) is 2.71. The third-order valence-corrected chi connectivity index (χ3v) is 4.47. The second-order valence-electron chi connectivity index (χ2n) is 6.95. The molecule has 1 N–H and O–H groups in total. The van der Waals surface area contributed by atoms with Crippen LogP contribution in [0.2, 0.25) is 0 Å². The molecule has 6 heteroatoms. The highest BCUT2D eigenvalue weighted by Gasteiger charge is 2.19. The zero-order valence-electron chi connectivity index (χ0n) is 17.1. The Balaban J connectivity index is 1.92. The van der Waals surface area contributed by atoms with Gasteiger partial charge in [0.25, 0.3) is 5.91 Å². The van der Waals surface area contributed by atoms with Crippen molar-refractivity contribution in [1.82, 2.24) is 5.32 Å². The van der Waals surface area contributed by atoms with Gasteiger partial charge >= 0.3 is 5.97 Å². The first-order valence-corrected chi connectivity index (χ1v) is 9.51. The number of Topliss-reactive ketones (excluding diaryl/α,β-unsaturated/α-hetero) is 1. The lowest BCUT2D eigenvalue weighted by atomic mass is 10.0. The van der Waals surface area contributed by atoms with Crippen molar-refractivity contribution in [2.75, 3.05) is 13.7 Å². The zero-order valence-corrected chi connectivity index (χ0v) is 17.1. The molecule has 0 heterocycles. The number of esters is 1. The molecule has 2 aromatic carbocycles. The van der Waals surface area contributed by atoms with Crippen LogP contribution in [0.1, 0.15) is 42.5 Å². The van der Waals surface area contributed by atoms with Crippen molar-refractivity contribution < 1.29 is 23.9 Å². The summed E-state index contributed by atoms with van der Waals surface area (Å²) >= 11 is 0. The van der Waals surface area contributed by atoms with E-state index in [0.717, 1.165) is 16.7 Å². The van der Waals surface area contributed by atoms with Crippen molar-refractivity contribution in [2.24, 2.45) is 0 Å². The number of rotatable bonds is 10. The number of aryl methyl sites for hydroxylation is 2. The van der Waals surface area contributed by atoms with E-state index in [1.54, 1.807) is 19.1 Å². The summed E-state index contributed by atoms with van der Waals surface area (Å²) in [4.78, 5) is 35.1. The fourth-order valence-corrected chi connectivity index (χ4v) is 2.76. The van der Waals surface area contributed by atoms with E-state index in [9.17, 15) is 14.4 Å². The Bertz CT molecular complexity index is 827. The Hall–Kier alpha value is -3.15. The van der Waals surface area contributed by atoms with Crippen LogP contribution in [0.4, 0.5) is 0 Å². The van der Waals surface area contributed by atoms with Crippen molar-refractivity contribution in [3.05, 3.63) is 65.2 Å². The second-order valence-corrected chi connectivity index (χ2v) is 6.95. The molecule has 1 atom stereocenters. The number of ketones is 1. The number of benzene rings is 2. The van der Waals surface area contributed by atoms with Crippen LogP contribution < -0.4 is 10.1 Å². The predicted molar refractivity (Wildman–Crippen MR) is 110 cm³/mol. The van der Waals surface area contributed by atoms with E-state index in [4.69, 9.17) is 9.47 Å². The summed E-state index contributed by atoms with van der Waals surface area (Å²) in [5, 5.41) is 2.83. The van der Waals surface area contributed by atoms with Gasteiger partial charge in [-0.1, -0.05) is 42.0 Å². The number of ether oxygens (including phenoxy) is 2. The Morgan fingerprint density at radius 1 is 1.00 bits per heavy atom. The molecule has 0 bridgehead atoms. The summed E-state index contributed by atoms with van der Waals surface area (Å²) in [5.41, 5.74) is 2.95. The van der Waals surface area contributed by atoms with Crippen LogP contribution in [-0.2, 0) is 25.5 Å². The number of nitrogens with one attached hydrogen (secondary N) is 1. The fraction of sp³-hybridized carbons (Fsp3) is 0.348. The van der Waals surface area contributed by atoms with Crippen molar-refractivity contribution in [2.45, 2.75) is 39.2 Å². The Morgan fingerprint density at radius 2 is 1.66 bits per heavy atom. The quantitative estimate of drug-likeness (QED) is 0.622. The van der Waals surface area contributed by atoms with Gasteiger partial charge in [-0.05, 0) is 43.5 Å². The van der Waals surface area contributed by atoms with Crippen LogP contribution in [-0.4, -0.2) is 31.4 Å². The Kier molecular flexibility index (Phi) is 8.40. The van der Waals surface area contributed by atoms with Gasteiger partial charge in [0.05, 0.1) is 19.6 Å². The van der Waals surface area contributed by atoms with Crippen LogP contribution >= 0.6 is 0 Å².